The number of piperazine rings is 1. The number of amides is 1. The molecule has 2 saturated heterocycles. The van der Waals surface area contributed by atoms with Gasteiger partial charge < -0.3 is 34.6 Å². The van der Waals surface area contributed by atoms with Gasteiger partial charge in [-0.3, -0.25) is 4.79 Å². The van der Waals surface area contributed by atoms with E-state index >= 15 is 0 Å². The second-order valence-electron chi connectivity index (χ2n) is 12.4. The zero-order valence-corrected chi connectivity index (χ0v) is 26.0. The Balaban J connectivity index is 1.53. The molecule has 0 aromatic heterocycles. The molecule has 2 fully saturated rings. The zero-order chi connectivity index (χ0) is 30.2. The third kappa shape index (κ3) is 8.82. The van der Waals surface area contributed by atoms with Crippen LogP contribution in [0.15, 0.2) is 42.0 Å². The minimum Gasteiger partial charge on any atom is -0.457 e. The molecule has 2 N–H and O–H groups in total. The minimum atomic E-state index is -0.809. The van der Waals surface area contributed by atoms with Gasteiger partial charge in [0.2, 0.25) is 0 Å². The van der Waals surface area contributed by atoms with Gasteiger partial charge in [-0.2, -0.15) is 0 Å². The van der Waals surface area contributed by atoms with Crippen LogP contribution in [-0.2, 0) is 14.3 Å². The Morgan fingerprint density at radius 3 is 2.57 bits per heavy atom. The lowest BCUT2D eigenvalue weighted by Crippen LogP contribution is -2.48. The zero-order valence-electron chi connectivity index (χ0n) is 26.0. The van der Waals surface area contributed by atoms with Crippen LogP contribution in [0, 0.1) is 11.8 Å². The second-order valence-corrected chi connectivity index (χ2v) is 12.4. The molecule has 0 spiro atoms. The van der Waals surface area contributed by atoms with Gasteiger partial charge in [0, 0.05) is 56.9 Å². The second kappa shape index (κ2) is 15.0. The van der Waals surface area contributed by atoms with Crippen molar-refractivity contribution in [1.82, 2.24) is 15.1 Å². The molecule has 0 aliphatic carbocycles. The van der Waals surface area contributed by atoms with E-state index < -0.39 is 24.3 Å². The van der Waals surface area contributed by atoms with E-state index in [9.17, 15) is 14.7 Å². The summed E-state index contributed by atoms with van der Waals surface area (Å²) in [5.74, 6) is -0.589. The number of rotatable bonds is 5. The van der Waals surface area contributed by atoms with Crippen molar-refractivity contribution in [1.29, 1.82) is 0 Å². The normalized spacial score (nSPS) is 31.2. The number of hydrogen-bond acceptors (Lipinski definition) is 8. The topological polar surface area (TPSA) is 94.6 Å². The van der Waals surface area contributed by atoms with Gasteiger partial charge in [-0.25, -0.2) is 4.79 Å². The molecule has 3 aliphatic heterocycles. The maximum atomic E-state index is 13.0. The lowest BCUT2D eigenvalue weighted by Gasteiger charge is -2.33. The summed E-state index contributed by atoms with van der Waals surface area (Å²) in [6, 6.07) is 8.94. The number of aliphatic hydroxyl groups excluding tert-OH is 1. The van der Waals surface area contributed by atoms with E-state index in [1.165, 1.54) is 5.69 Å². The molecule has 1 aromatic rings. The van der Waals surface area contributed by atoms with Gasteiger partial charge >= 0.3 is 12.1 Å². The maximum absolute atomic E-state index is 13.0. The van der Waals surface area contributed by atoms with Gasteiger partial charge in [0.05, 0.1) is 12.5 Å². The van der Waals surface area contributed by atoms with Gasteiger partial charge in [0.25, 0.3) is 0 Å². The maximum Gasteiger partial charge on any atom is 0.410 e. The number of benzene rings is 1. The molecule has 9 heteroatoms. The van der Waals surface area contributed by atoms with Crippen LogP contribution < -0.4 is 10.2 Å². The van der Waals surface area contributed by atoms with Crippen molar-refractivity contribution < 1.29 is 24.2 Å². The molecule has 3 heterocycles. The Hall–Kier alpha value is -2.88. The van der Waals surface area contributed by atoms with Gasteiger partial charge in [0.1, 0.15) is 12.2 Å². The van der Waals surface area contributed by atoms with E-state index in [1.54, 1.807) is 4.90 Å². The molecule has 0 saturated carbocycles. The van der Waals surface area contributed by atoms with E-state index in [2.05, 4.69) is 52.5 Å². The standard InChI is InChI=1S/C33H50N4O5/c1-23-9-11-29(38)21-31(39)42-32(24(2)10-12-30(23)41-33(40)36-17-15-35(5)16-18-36)25(3)19-26-7-6-8-28(20-26)37-14-13-27(22-37)34-4/h6-8,10,12,19-20,23-24,27,29-30,32,34,38H,9,11,13-18,21-22H2,1-5H3/b12-10-,25-19+/t23-,24+,27+,29+,30+,32+/m1/s1. The molecule has 0 bridgehead atoms. The average Bonchev–Trinajstić information content (AvgIpc) is 3.46. The van der Waals surface area contributed by atoms with Gasteiger partial charge in [0.15, 0.2) is 0 Å². The summed E-state index contributed by atoms with van der Waals surface area (Å²) in [5.41, 5.74) is 3.14. The SMILES string of the molecule is CN[C@H]1CCN(c2cccc(/C=C(\C)[C@H]3OC(=O)C[C@@H](O)CC[C@@H](C)[C@@H](OC(=O)N4CCN(C)CC4)/C=C\[C@@H]3C)c2)C1. The fraction of sp³-hybridized carbons (Fsp3) is 0.636. The van der Waals surface area contributed by atoms with Crippen molar-refractivity contribution in [3.8, 4) is 0 Å². The van der Waals surface area contributed by atoms with Crippen molar-refractivity contribution in [2.75, 3.05) is 58.3 Å². The highest BCUT2D eigenvalue weighted by atomic mass is 16.6. The first-order valence-electron chi connectivity index (χ1n) is 15.5. The van der Waals surface area contributed by atoms with Crippen molar-refractivity contribution in [2.24, 2.45) is 11.8 Å². The fourth-order valence-corrected chi connectivity index (χ4v) is 6.02. The molecule has 3 aliphatic rings. The Bertz CT molecular complexity index is 1120. The highest BCUT2D eigenvalue weighted by Crippen LogP contribution is 2.27. The Kier molecular flexibility index (Phi) is 11.5. The lowest BCUT2D eigenvalue weighted by molar-refractivity contribution is -0.151. The predicted octanol–water partition coefficient (Wildman–Crippen LogP) is 3.93. The highest BCUT2D eigenvalue weighted by molar-refractivity contribution is 5.71. The predicted molar refractivity (Wildman–Crippen MR) is 166 cm³/mol. The number of carbonyl (C=O) groups is 2. The number of cyclic esters (lactones) is 1. The first-order valence-corrected chi connectivity index (χ1v) is 15.5. The molecular formula is C33H50N4O5. The molecule has 4 rings (SSSR count). The number of nitrogens with zero attached hydrogens (tertiary/aromatic N) is 3. The summed E-state index contributed by atoms with van der Waals surface area (Å²) < 4.78 is 12.0. The number of hydrogen-bond donors (Lipinski definition) is 2. The first-order chi connectivity index (χ1) is 20.1. The Morgan fingerprint density at radius 2 is 1.86 bits per heavy atom. The number of nitrogens with one attached hydrogen (secondary N) is 1. The van der Waals surface area contributed by atoms with Crippen LogP contribution >= 0.6 is 0 Å². The van der Waals surface area contributed by atoms with Crippen LogP contribution in [0.25, 0.3) is 6.08 Å². The van der Waals surface area contributed by atoms with E-state index in [0.717, 1.165) is 43.7 Å². The average molecular weight is 583 g/mol. The van der Waals surface area contributed by atoms with Crippen LogP contribution in [-0.4, -0.2) is 105 Å². The van der Waals surface area contributed by atoms with Crippen LogP contribution in [0.3, 0.4) is 0 Å². The monoisotopic (exact) mass is 582 g/mol. The number of carbonyl (C=O) groups excluding carboxylic acids is 2. The van der Waals surface area contributed by atoms with Crippen LogP contribution in [0.1, 0.15) is 52.0 Å². The van der Waals surface area contributed by atoms with Crippen molar-refractivity contribution in [2.45, 2.75) is 70.8 Å². The summed E-state index contributed by atoms with van der Waals surface area (Å²) in [6.07, 6.45) is 6.06. The summed E-state index contributed by atoms with van der Waals surface area (Å²) >= 11 is 0. The van der Waals surface area contributed by atoms with Crippen molar-refractivity contribution in [3.05, 3.63) is 47.6 Å². The quantitative estimate of drug-likeness (QED) is 0.399. The lowest BCUT2D eigenvalue weighted by atomic mass is 9.91. The molecular weight excluding hydrogens is 532 g/mol. The molecule has 232 valence electrons. The largest absolute Gasteiger partial charge is 0.457 e. The Labute approximate surface area is 251 Å². The number of anilines is 1. The van der Waals surface area contributed by atoms with Crippen LogP contribution in [0.5, 0.6) is 0 Å². The molecule has 9 nitrogen and oxygen atoms in total. The first kappa shape index (κ1) is 32.0. The molecule has 0 unspecified atom stereocenters. The molecule has 0 radical (unpaired) electrons. The summed E-state index contributed by atoms with van der Waals surface area (Å²) in [6.45, 7) is 11.0. The smallest absolute Gasteiger partial charge is 0.410 e. The molecule has 42 heavy (non-hydrogen) atoms. The molecule has 1 amide bonds. The molecule has 6 atom stereocenters. The third-order valence-electron chi connectivity index (χ3n) is 8.93. The van der Waals surface area contributed by atoms with Gasteiger partial charge in [-0.15, -0.1) is 0 Å². The van der Waals surface area contributed by atoms with Crippen LogP contribution in [0.4, 0.5) is 10.5 Å². The summed E-state index contributed by atoms with van der Waals surface area (Å²) in [5, 5.41) is 14.0. The van der Waals surface area contributed by atoms with Crippen LogP contribution in [0.2, 0.25) is 0 Å². The number of esters is 1. The van der Waals surface area contributed by atoms with Crippen molar-refractivity contribution >= 4 is 23.8 Å². The highest BCUT2D eigenvalue weighted by Gasteiger charge is 2.29. The Morgan fingerprint density at radius 1 is 1.10 bits per heavy atom. The fourth-order valence-electron chi connectivity index (χ4n) is 6.02. The van der Waals surface area contributed by atoms with E-state index in [-0.39, 0.29) is 24.3 Å². The van der Waals surface area contributed by atoms with E-state index in [4.69, 9.17) is 9.47 Å². The number of ether oxygens (including phenoxy) is 2. The summed E-state index contributed by atoms with van der Waals surface area (Å²) in [4.78, 5) is 32.3. The van der Waals surface area contributed by atoms with E-state index in [1.807, 2.05) is 40.0 Å². The van der Waals surface area contributed by atoms with Crippen molar-refractivity contribution in [3.63, 3.8) is 0 Å². The summed E-state index contributed by atoms with van der Waals surface area (Å²) in [7, 11) is 4.06. The minimum absolute atomic E-state index is 0.0131. The number of aliphatic hydroxyl groups is 1. The van der Waals surface area contributed by atoms with Gasteiger partial charge in [-0.05, 0) is 75.5 Å². The third-order valence-corrected chi connectivity index (χ3v) is 8.93. The number of likely N-dealkylation sites (N-methyl/N-ethyl adjacent to an activating group) is 2. The molecule has 1 aromatic carbocycles. The van der Waals surface area contributed by atoms with Gasteiger partial charge in [-0.1, -0.05) is 38.1 Å². The van der Waals surface area contributed by atoms with E-state index in [0.29, 0.717) is 32.0 Å².